The van der Waals surface area contributed by atoms with Gasteiger partial charge in [-0.15, -0.1) is 0 Å². The van der Waals surface area contributed by atoms with E-state index < -0.39 is 31.0 Å². The molecule has 0 radical (unpaired) electrons. The van der Waals surface area contributed by atoms with Gasteiger partial charge in [-0.2, -0.15) is 0 Å². The average molecular weight is 462 g/mol. The zero-order chi connectivity index (χ0) is 23.0. The van der Waals surface area contributed by atoms with Crippen LogP contribution in [-0.4, -0.2) is 42.5 Å². The van der Waals surface area contributed by atoms with E-state index in [4.69, 9.17) is 0 Å². The Hall–Kier alpha value is -2.60. The van der Waals surface area contributed by atoms with E-state index in [-0.39, 0.29) is 5.56 Å². The van der Waals surface area contributed by atoms with Crippen LogP contribution in [0.15, 0.2) is 41.7 Å². The van der Waals surface area contributed by atoms with Gasteiger partial charge in [0.15, 0.2) is 0 Å². The molecule has 2 aromatic rings. The second-order valence-electron chi connectivity index (χ2n) is 8.58. The maximum absolute atomic E-state index is 14.6. The second-order valence-corrected chi connectivity index (χ2v) is 12.0. The SMILES string of the molecule is C[C@@H](Nc1ncnc2c1C=C(C1=CC[P@@](C)(=O)CC1)CN2C)c1cccc(C(F)F)c1F. The first-order valence-electron chi connectivity index (χ1n) is 10.5. The van der Waals surface area contributed by atoms with Crippen molar-refractivity contribution in [1.29, 1.82) is 0 Å². The molecular weight excluding hydrogens is 436 g/mol. The van der Waals surface area contributed by atoms with E-state index in [9.17, 15) is 17.7 Å². The Morgan fingerprint density at radius 1 is 1.19 bits per heavy atom. The van der Waals surface area contributed by atoms with Crippen LogP contribution in [-0.2, 0) is 4.57 Å². The van der Waals surface area contributed by atoms with Gasteiger partial charge in [0, 0.05) is 31.5 Å². The fraction of sp³-hybridized carbons (Fsp3) is 0.391. The zero-order valence-corrected chi connectivity index (χ0v) is 19.2. The summed E-state index contributed by atoms with van der Waals surface area (Å²) >= 11 is 0. The molecule has 2 atom stereocenters. The minimum atomic E-state index is -2.88. The Bertz CT molecular complexity index is 1150. The van der Waals surface area contributed by atoms with Crippen LogP contribution in [0.3, 0.4) is 0 Å². The van der Waals surface area contributed by atoms with Gasteiger partial charge in [0.05, 0.1) is 24.3 Å². The molecule has 3 heterocycles. The molecule has 170 valence electrons. The highest BCUT2D eigenvalue weighted by Crippen LogP contribution is 2.47. The Balaban J connectivity index is 1.67. The Morgan fingerprint density at radius 2 is 1.94 bits per heavy atom. The Kier molecular flexibility index (Phi) is 6.17. The largest absolute Gasteiger partial charge is 0.363 e. The lowest BCUT2D eigenvalue weighted by molar-refractivity contribution is 0.146. The highest BCUT2D eigenvalue weighted by atomic mass is 31.2. The van der Waals surface area contributed by atoms with Gasteiger partial charge >= 0.3 is 0 Å². The first kappa shape index (κ1) is 22.6. The molecule has 2 aliphatic heterocycles. The summed E-state index contributed by atoms with van der Waals surface area (Å²) in [6.07, 6.45) is 4.70. The summed E-state index contributed by atoms with van der Waals surface area (Å²) in [6, 6.07) is 3.44. The number of fused-ring (bicyclic) bond motifs is 1. The normalized spacial score (nSPS) is 21.7. The van der Waals surface area contributed by atoms with E-state index in [1.807, 2.05) is 24.7 Å². The summed E-state index contributed by atoms with van der Waals surface area (Å²) in [5.41, 5.74) is 2.59. The van der Waals surface area contributed by atoms with Crippen molar-refractivity contribution in [2.75, 3.05) is 42.8 Å². The minimum Gasteiger partial charge on any atom is -0.363 e. The van der Waals surface area contributed by atoms with Gasteiger partial charge in [-0.1, -0.05) is 24.3 Å². The van der Waals surface area contributed by atoms with E-state index in [1.165, 1.54) is 24.0 Å². The summed E-state index contributed by atoms with van der Waals surface area (Å²) in [7, 11) is -0.142. The second kappa shape index (κ2) is 8.74. The lowest BCUT2D eigenvalue weighted by Crippen LogP contribution is -2.27. The molecule has 0 aliphatic carbocycles. The molecule has 0 amide bonds. The predicted octanol–water partition coefficient (Wildman–Crippen LogP) is 5.88. The van der Waals surface area contributed by atoms with Crippen LogP contribution < -0.4 is 10.2 Å². The van der Waals surface area contributed by atoms with Crippen molar-refractivity contribution >= 4 is 24.9 Å². The first-order chi connectivity index (χ1) is 15.2. The molecule has 32 heavy (non-hydrogen) atoms. The van der Waals surface area contributed by atoms with E-state index in [2.05, 4.69) is 21.4 Å². The van der Waals surface area contributed by atoms with Crippen LogP contribution in [0.1, 0.15) is 42.5 Å². The number of nitrogens with zero attached hydrogens (tertiary/aromatic N) is 3. The van der Waals surface area contributed by atoms with Gasteiger partial charge in [-0.25, -0.2) is 23.1 Å². The molecule has 0 saturated carbocycles. The number of hydrogen-bond donors (Lipinski definition) is 1. The average Bonchev–Trinajstić information content (AvgIpc) is 2.74. The number of hydrogen-bond acceptors (Lipinski definition) is 5. The van der Waals surface area contributed by atoms with Crippen LogP contribution in [0, 0.1) is 5.82 Å². The summed E-state index contributed by atoms with van der Waals surface area (Å²) in [6.45, 7) is 4.22. The van der Waals surface area contributed by atoms with Crippen molar-refractivity contribution in [3.05, 3.63) is 64.3 Å². The van der Waals surface area contributed by atoms with Crippen molar-refractivity contribution in [3.8, 4) is 0 Å². The van der Waals surface area contributed by atoms with Crippen LogP contribution in [0.2, 0.25) is 0 Å². The van der Waals surface area contributed by atoms with E-state index in [1.54, 1.807) is 6.92 Å². The van der Waals surface area contributed by atoms with Crippen molar-refractivity contribution in [1.82, 2.24) is 9.97 Å². The predicted molar refractivity (Wildman–Crippen MR) is 123 cm³/mol. The van der Waals surface area contributed by atoms with Crippen molar-refractivity contribution in [2.24, 2.45) is 0 Å². The monoisotopic (exact) mass is 462 g/mol. The summed E-state index contributed by atoms with van der Waals surface area (Å²) in [5, 5.41) is 3.18. The maximum Gasteiger partial charge on any atom is 0.266 e. The van der Waals surface area contributed by atoms with Crippen LogP contribution in [0.4, 0.5) is 24.8 Å². The van der Waals surface area contributed by atoms with Crippen LogP contribution >= 0.6 is 7.14 Å². The first-order valence-corrected chi connectivity index (χ1v) is 13.0. The Labute approximate surface area is 185 Å². The fourth-order valence-corrected chi connectivity index (χ4v) is 5.69. The third-order valence-corrected chi connectivity index (χ3v) is 8.18. The standard InChI is InChI=1S/C23H26F3N4OP/c1-14(17-5-4-6-18(20(17)24)21(25)26)29-22-19-11-16(12-30(2)23(19)28-13-27-22)15-7-9-32(3,31)10-8-15/h4-7,11,13-14,21H,8-10,12H2,1-3H3,(H,27,28,29)/t14-,32-/m1/s1. The van der Waals surface area contributed by atoms with Crippen molar-refractivity contribution in [3.63, 3.8) is 0 Å². The fourth-order valence-electron chi connectivity index (χ4n) is 4.18. The van der Waals surface area contributed by atoms with Gasteiger partial charge in [0.2, 0.25) is 0 Å². The number of allylic oxidation sites excluding steroid dienone is 1. The van der Waals surface area contributed by atoms with Crippen molar-refractivity contribution in [2.45, 2.75) is 25.8 Å². The van der Waals surface area contributed by atoms with Gasteiger partial charge < -0.3 is 14.8 Å². The maximum atomic E-state index is 14.6. The van der Waals surface area contributed by atoms with Gasteiger partial charge in [-0.05, 0) is 37.2 Å². The molecule has 0 saturated heterocycles. The van der Waals surface area contributed by atoms with Gasteiger partial charge in [0.25, 0.3) is 6.43 Å². The van der Waals surface area contributed by atoms with Crippen LogP contribution in [0.5, 0.6) is 0 Å². The molecule has 0 spiro atoms. The third kappa shape index (κ3) is 4.46. The number of alkyl halides is 2. The quantitative estimate of drug-likeness (QED) is 0.562. The molecule has 9 heteroatoms. The third-order valence-electron chi connectivity index (χ3n) is 6.05. The summed E-state index contributed by atoms with van der Waals surface area (Å²) < 4.78 is 53.2. The number of rotatable bonds is 5. The molecule has 1 aromatic carbocycles. The molecule has 2 aliphatic rings. The van der Waals surface area contributed by atoms with Crippen LogP contribution in [0.25, 0.3) is 6.08 Å². The zero-order valence-electron chi connectivity index (χ0n) is 18.3. The van der Waals surface area contributed by atoms with Gasteiger partial charge in [0.1, 0.15) is 23.8 Å². The molecule has 5 nitrogen and oxygen atoms in total. The molecule has 0 bridgehead atoms. The number of nitrogens with one attached hydrogen (secondary N) is 1. The van der Waals surface area contributed by atoms with Crippen molar-refractivity contribution < 1.29 is 17.7 Å². The Morgan fingerprint density at radius 3 is 2.62 bits per heavy atom. The highest BCUT2D eigenvalue weighted by molar-refractivity contribution is 7.63. The number of aromatic nitrogens is 2. The smallest absolute Gasteiger partial charge is 0.266 e. The summed E-state index contributed by atoms with van der Waals surface area (Å²) in [5.74, 6) is 0.332. The van der Waals surface area contributed by atoms with E-state index >= 15 is 0 Å². The summed E-state index contributed by atoms with van der Waals surface area (Å²) in [4.78, 5) is 10.8. The molecule has 1 N–H and O–H groups in total. The minimum absolute atomic E-state index is 0.150. The number of halogens is 3. The van der Waals surface area contributed by atoms with E-state index in [0.717, 1.165) is 29.4 Å². The lowest BCUT2D eigenvalue weighted by Gasteiger charge is -2.30. The van der Waals surface area contributed by atoms with Gasteiger partial charge in [-0.3, -0.25) is 0 Å². The number of benzene rings is 1. The van der Waals surface area contributed by atoms with E-state index in [0.29, 0.717) is 24.7 Å². The molecular formula is C23H26F3N4OP. The molecule has 4 rings (SSSR count). The molecule has 0 fully saturated rings. The highest BCUT2D eigenvalue weighted by Gasteiger charge is 2.27. The lowest BCUT2D eigenvalue weighted by atomic mass is 9.97. The number of likely N-dealkylation sites (N-methyl/N-ethyl adjacent to an activating group) is 1. The number of anilines is 2. The topological polar surface area (TPSA) is 58.1 Å². The molecule has 0 unspecified atom stereocenters. The molecule has 1 aromatic heterocycles.